The van der Waals surface area contributed by atoms with Crippen LogP contribution in [0.4, 0.5) is 13.2 Å². The highest BCUT2D eigenvalue weighted by atomic mass is 35.5. The zero-order valence-corrected chi connectivity index (χ0v) is 12.4. The van der Waals surface area contributed by atoms with Crippen molar-refractivity contribution in [2.24, 2.45) is 5.92 Å². The van der Waals surface area contributed by atoms with E-state index in [-0.39, 0.29) is 30.6 Å². The van der Waals surface area contributed by atoms with Crippen LogP contribution in [0.5, 0.6) is 0 Å². The van der Waals surface area contributed by atoms with Crippen LogP contribution in [0, 0.1) is 5.92 Å². The molecule has 3 heterocycles. The van der Waals surface area contributed by atoms with Gasteiger partial charge in [-0.25, -0.2) is 4.79 Å². The maximum atomic E-state index is 12.5. The Balaban J connectivity index is 1.77. The molecule has 6 nitrogen and oxygen atoms in total. The Morgan fingerprint density at radius 3 is 2.78 bits per heavy atom. The summed E-state index contributed by atoms with van der Waals surface area (Å²) in [4.78, 5) is 24.8. The number of ether oxygens (including phenoxy) is 1. The standard InChI is InChI=1S/C13H12ClF3N2O4/c14-9-2-1-8(22-9)10(20)19-4-7-3-18-5-12(7,6-19)23-11(21)13(15,16)17/h1-2,7,18H,3-6H2. The molecule has 1 N–H and O–H groups in total. The highest BCUT2D eigenvalue weighted by Crippen LogP contribution is 2.37. The van der Waals surface area contributed by atoms with Crippen LogP contribution in [-0.4, -0.2) is 54.7 Å². The van der Waals surface area contributed by atoms with E-state index in [0.29, 0.717) is 6.54 Å². The van der Waals surface area contributed by atoms with E-state index in [9.17, 15) is 22.8 Å². The summed E-state index contributed by atoms with van der Waals surface area (Å²) in [6, 6.07) is 2.78. The summed E-state index contributed by atoms with van der Waals surface area (Å²) < 4.78 is 47.2. The van der Waals surface area contributed by atoms with Crippen molar-refractivity contribution in [2.45, 2.75) is 11.8 Å². The van der Waals surface area contributed by atoms with Gasteiger partial charge in [0.1, 0.15) is 5.60 Å². The molecule has 0 radical (unpaired) electrons. The molecular weight excluding hydrogens is 341 g/mol. The van der Waals surface area contributed by atoms with Gasteiger partial charge in [0.2, 0.25) is 0 Å². The number of alkyl halides is 3. The minimum Gasteiger partial charge on any atom is -0.449 e. The zero-order valence-electron chi connectivity index (χ0n) is 11.7. The molecule has 0 aromatic carbocycles. The number of carbonyl (C=O) groups excluding carboxylic acids is 2. The van der Waals surface area contributed by atoms with Gasteiger partial charge >= 0.3 is 12.1 Å². The first-order valence-electron chi connectivity index (χ1n) is 6.77. The lowest BCUT2D eigenvalue weighted by Crippen LogP contribution is -2.47. The van der Waals surface area contributed by atoms with Crippen molar-refractivity contribution < 1.29 is 31.9 Å². The van der Waals surface area contributed by atoms with Crippen molar-refractivity contribution >= 4 is 23.5 Å². The van der Waals surface area contributed by atoms with Crippen LogP contribution in [0.25, 0.3) is 0 Å². The molecule has 3 rings (SSSR count). The van der Waals surface area contributed by atoms with Crippen molar-refractivity contribution in [2.75, 3.05) is 26.2 Å². The molecule has 2 aliphatic heterocycles. The fourth-order valence-electron chi connectivity index (χ4n) is 2.99. The van der Waals surface area contributed by atoms with E-state index in [4.69, 9.17) is 20.8 Å². The minimum atomic E-state index is -5.08. The number of nitrogens with one attached hydrogen (secondary N) is 1. The summed E-state index contributed by atoms with van der Waals surface area (Å²) in [6.07, 6.45) is -5.08. The number of hydrogen-bond donors (Lipinski definition) is 1. The summed E-state index contributed by atoms with van der Waals surface area (Å²) in [5.41, 5.74) is -1.38. The normalized spacial score (nSPS) is 27.1. The van der Waals surface area contributed by atoms with E-state index in [1.54, 1.807) is 0 Å². The maximum absolute atomic E-state index is 12.5. The SMILES string of the molecule is O=C(c1ccc(Cl)o1)N1CC2CNCC2(OC(=O)C(F)(F)F)C1. The summed E-state index contributed by atoms with van der Waals surface area (Å²) in [5, 5.41) is 2.93. The topological polar surface area (TPSA) is 71.8 Å². The molecule has 1 aromatic heterocycles. The molecule has 23 heavy (non-hydrogen) atoms. The van der Waals surface area contributed by atoms with Crippen molar-refractivity contribution in [3.8, 4) is 0 Å². The summed E-state index contributed by atoms with van der Waals surface area (Å²) in [7, 11) is 0. The molecule has 0 aliphatic carbocycles. The highest BCUT2D eigenvalue weighted by molar-refractivity contribution is 6.29. The lowest BCUT2D eigenvalue weighted by atomic mass is 9.95. The van der Waals surface area contributed by atoms with Crippen LogP contribution < -0.4 is 5.32 Å². The smallest absolute Gasteiger partial charge is 0.449 e. The average Bonchev–Trinajstić information content (AvgIpc) is 3.10. The third-order valence-electron chi connectivity index (χ3n) is 4.06. The van der Waals surface area contributed by atoms with Gasteiger partial charge in [0.05, 0.1) is 6.54 Å². The number of fused-ring (bicyclic) bond motifs is 1. The Bertz CT molecular complexity index is 647. The average molecular weight is 353 g/mol. The molecule has 2 saturated heterocycles. The molecule has 0 saturated carbocycles. The quantitative estimate of drug-likeness (QED) is 0.816. The van der Waals surface area contributed by atoms with Crippen LogP contribution in [0.1, 0.15) is 10.6 Å². The molecule has 2 unspecified atom stereocenters. The van der Waals surface area contributed by atoms with Gasteiger partial charge in [-0.15, -0.1) is 0 Å². The second-order valence-electron chi connectivity index (χ2n) is 5.57. The Morgan fingerprint density at radius 2 is 2.17 bits per heavy atom. The lowest BCUT2D eigenvalue weighted by Gasteiger charge is -2.28. The number of amides is 1. The third kappa shape index (κ3) is 2.90. The largest absolute Gasteiger partial charge is 0.490 e. The number of carbonyl (C=O) groups is 2. The van der Waals surface area contributed by atoms with E-state index in [1.807, 2.05) is 0 Å². The lowest BCUT2D eigenvalue weighted by molar-refractivity contribution is -0.213. The van der Waals surface area contributed by atoms with Gasteiger partial charge in [-0.2, -0.15) is 13.2 Å². The van der Waals surface area contributed by atoms with Gasteiger partial charge in [0.25, 0.3) is 5.91 Å². The van der Waals surface area contributed by atoms with Crippen molar-refractivity contribution in [3.05, 3.63) is 23.1 Å². The highest BCUT2D eigenvalue weighted by Gasteiger charge is 2.57. The van der Waals surface area contributed by atoms with E-state index >= 15 is 0 Å². The van der Waals surface area contributed by atoms with Crippen LogP contribution in [-0.2, 0) is 9.53 Å². The number of esters is 1. The van der Waals surface area contributed by atoms with E-state index < -0.39 is 29.6 Å². The summed E-state index contributed by atoms with van der Waals surface area (Å²) in [5.74, 6) is -3.18. The van der Waals surface area contributed by atoms with Gasteiger partial charge < -0.3 is 19.4 Å². The predicted octanol–water partition coefficient (Wildman–Crippen LogP) is 1.45. The predicted molar refractivity (Wildman–Crippen MR) is 70.9 cm³/mol. The molecule has 2 atom stereocenters. The summed E-state index contributed by atoms with van der Waals surface area (Å²) >= 11 is 5.61. The molecule has 10 heteroatoms. The second kappa shape index (κ2) is 5.41. The molecule has 2 fully saturated rings. The minimum absolute atomic E-state index is 0.0137. The van der Waals surface area contributed by atoms with E-state index in [2.05, 4.69) is 5.32 Å². The second-order valence-corrected chi connectivity index (χ2v) is 5.94. The molecule has 126 valence electrons. The fourth-order valence-corrected chi connectivity index (χ4v) is 3.14. The van der Waals surface area contributed by atoms with Gasteiger partial charge in [-0.05, 0) is 23.7 Å². The Kier molecular flexibility index (Phi) is 3.80. The van der Waals surface area contributed by atoms with Gasteiger partial charge in [0, 0.05) is 25.6 Å². The van der Waals surface area contributed by atoms with Gasteiger partial charge in [-0.3, -0.25) is 4.79 Å². The van der Waals surface area contributed by atoms with Crippen molar-refractivity contribution in [1.82, 2.24) is 10.2 Å². The summed E-state index contributed by atoms with van der Waals surface area (Å²) in [6.45, 7) is 0.439. The monoisotopic (exact) mass is 352 g/mol. The van der Waals surface area contributed by atoms with Crippen LogP contribution >= 0.6 is 11.6 Å². The van der Waals surface area contributed by atoms with E-state index in [1.165, 1.54) is 17.0 Å². The number of hydrogen-bond acceptors (Lipinski definition) is 5. The molecule has 1 amide bonds. The molecule has 0 spiro atoms. The number of furan rings is 1. The Labute approximate surface area is 133 Å². The van der Waals surface area contributed by atoms with E-state index in [0.717, 1.165) is 0 Å². The molecule has 0 bridgehead atoms. The molecular formula is C13H12ClF3N2O4. The number of likely N-dealkylation sites (tertiary alicyclic amines) is 1. The van der Waals surface area contributed by atoms with Gasteiger partial charge in [0.15, 0.2) is 11.0 Å². The number of halogens is 4. The van der Waals surface area contributed by atoms with Crippen LogP contribution in [0.2, 0.25) is 5.22 Å². The zero-order chi connectivity index (χ0) is 16.8. The first-order chi connectivity index (χ1) is 10.7. The third-order valence-corrected chi connectivity index (χ3v) is 4.26. The van der Waals surface area contributed by atoms with Crippen LogP contribution in [0.15, 0.2) is 16.5 Å². The number of nitrogens with zero attached hydrogens (tertiary/aromatic N) is 1. The Morgan fingerprint density at radius 1 is 1.43 bits per heavy atom. The first kappa shape index (κ1) is 16.1. The van der Waals surface area contributed by atoms with Crippen LogP contribution in [0.3, 0.4) is 0 Å². The van der Waals surface area contributed by atoms with Gasteiger partial charge in [-0.1, -0.05) is 0 Å². The fraction of sp³-hybridized carbons (Fsp3) is 0.538. The van der Waals surface area contributed by atoms with Crippen molar-refractivity contribution in [1.29, 1.82) is 0 Å². The Hall–Kier alpha value is -1.74. The first-order valence-corrected chi connectivity index (χ1v) is 7.14. The molecule has 2 aliphatic rings. The maximum Gasteiger partial charge on any atom is 0.490 e. The molecule has 1 aromatic rings. The number of rotatable bonds is 2. The van der Waals surface area contributed by atoms with Crippen molar-refractivity contribution in [3.63, 3.8) is 0 Å².